The van der Waals surface area contributed by atoms with Gasteiger partial charge in [0.1, 0.15) is 0 Å². The van der Waals surface area contributed by atoms with Crippen molar-refractivity contribution in [1.82, 2.24) is 19.9 Å². The molecule has 0 radical (unpaired) electrons. The van der Waals surface area contributed by atoms with Gasteiger partial charge < -0.3 is 0 Å². The summed E-state index contributed by atoms with van der Waals surface area (Å²) in [6.45, 7) is 7.27. The van der Waals surface area contributed by atoms with Crippen LogP contribution >= 0.6 is 0 Å². The van der Waals surface area contributed by atoms with E-state index in [0.717, 1.165) is 79.1 Å². The Hall–Kier alpha value is -7.03. The number of hydrogen-bond acceptors (Lipinski definition) is 4. The summed E-state index contributed by atoms with van der Waals surface area (Å²) in [6.07, 6.45) is 5.55. The molecule has 2 saturated carbocycles. The average molecular weight is 734 g/mol. The summed E-state index contributed by atoms with van der Waals surface area (Å²) in [5, 5.41) is 0. The summed E-state index contributed by atoms with van der Waals surface area (Å²) in [5.74, 6) is 3.86. The number of hydrogen-bond donors (Lipinski definition) is 0. The third-order valence-corrected chi connectivity index (χ3v) is 11.9. The van der Waals surface area contributed by atoms with Gasteiger partial charge in [-0.05, 0) is 65.8 Å². The third-order valence-electron chi connectivity index (χ3n) is 11.9. The lowest BCUT2D eigenvalue weighted by Crippen LogP contribution is -2.08. The van der Waals surface area contributed by atoms with Crippen molar-refractivity contribution in [3.63, 3.8) is 0 Å². The Kier molecular flexibility index (Phi) is 9.01. The van der Waals surface area contributed by atoms with E-state index in [0.29, 0.717) is 23.3 Å². The molecule has 0 amide bonds. The molecule has 0 N–H and O–H groups in total. The van der Waals surface area contributed by atoms with Gasteiger partial charge in [0.25, 0.3) is 0 Å². The quantitative estimate of drug-likeness (QED) is 0.146. The van der Waals surface area contributed by atoms with Crippen molar-refractivity contribution in [3.8, 4) is 78.9 Å². The maximum absolute atomic E-state index is 7.27. The summed E-state index contributed by atoms with van der Waals surface area (Å²) in [7, 11) is 0. The van der Waals surface area contributed by atoms with Crippen LogP contribution < -0.4 is 0 Å². The molecule has 2 aliphatic rings. The smallest absolute Gasteiger partial charge is 0.187 e. The number of benzene rings is 6. The number of nitrogens with zero attached hydrogens (tertiary/aromatic N) is 5. The molecule has 2 fully saturated rings. The first-order chi connectivity index (χ1) is 28.1. The fourth-order valence-electron chi connectivity index (χ4n) is 8.85. The van der Waals surface area contributed by atoms with E-state index in [1.165, 1.54) is 31.2 Å². The Bertz CT molecular complexity index is 2720. The first-order valence-electron chi connectivity index (χ1n) is 19.8. The predicted molar refractivity (Wildman–Crippen MR) is 230 cm³/mol. The standard InChI is InChI=1S/C52H39N5/c1-53-45-28-26-36(27-29-45)35-14-18-38(19-15-35)47-32-49(56-51(54-47)42-8-4-2-5-9-42)40-22-24-41(25-23-40)50-33-48(55-52(57-50)43-10-6-3-7-11-43)39-20-16-37(17-21-39)46-31-34-12-13-44(46)30-34/h2-11,14-29,32-34,44,46H,12-13,30-31H2. The van der Waals surface area contributed by atoms with Gasteiger partial charge in [-0.25, -0.2) is 24.8 Å². The van der Waals surface area contributed by atoms with Gasteiger partial charge in [0.15, 0.2) is 17.3 Å². The van der Waals surface area contributed by atoms with Crippen LogP contribution in [0.3, 0.4) is 0 Å². The van der Waals surface area contributed by atoms with Gasteiger partial charge in [0, 0.05) is 33.4 Å². The number of aromatic nitrogens is 4. The van der Waals surface area contributed by atoms with Crippen molar-refractivity contribution in [3.05, 3.63) is 187 Å². The molecule has 5 heteroatoms. The molecule has 57 heavy (non-hydrogen) atoms. The first kappa shape index (κ1) is 34.5. The van der Waals surface area contributed by atoms with Crippen LogP contribution in [0.4, 0.5) is 5.69 Å². The van der Waals surface area contributed by atoms with E-state index in [9.17, 15) is 0 Å². The molecule has 0 saturated heterocycles. The monoisotopic (exact) mass is 733 g/mol. The zero-order valence-corrected chi connectivity index (χ0v) is 31.5. The number of fused-ring (bicyclic) bond motifs is 2. The van der Waals surface area contributed by atoms with Crippen LogP contribution in [0.5, 0.6) is 0 Å². The lowest BCUT2D eigenvalue weighted by Gasteiger charge is -2.22. The maximum Gasteiger partial charge on any atom is 0.187 e. The third kappa shape index (κ3) is 7.03. The van der Waals surface area contributed by atoms with Crippen LogP contribution in [-0.4, -0.2) is 19.9 Å². The zero-order valence-electron chi connectivity index (χ0n) is 31.5. The Morgan fingerprint density at radius 1 is 0.404 bits per heavy atom. The van der Waals surface area contributed by atoms with Gasteiger partial charge >= 0.3 is 0 Å². The Labute approximate surface area is 333 Å². The molecular weight excluding hydrogens is 695 g/mol. The lowest BCUT2D eigenvalue weighted by atomic mass is 9.83. The summed E-state index contributed by atoms with van der Waals surface area (Å²) in [4.78, 5) is 23.8. The molecule has 5 nitrogen and oxygen atoms in total. The molecule has 3 unspecified atom stereocenters. The van der Waals surface area contributed by atoms with E-state index < -0.39 is 0 Å². The predicted octanol–water partition coefficient (Wildman–Crippen LogP) is 13.4. The minimum Gasteiger partial charge on any atom is -0.238 e. The van der Waals surface area contributed by atoms with E-state index in [4.69, 9.17) is 26.5 Å². The molecule has 2 aliphatic carbocycles. The highest BCUT2D eigenvalue weighted by molar-refractivity contribution is 5.77. The average Bonchev–Trinajstić information content (AvgIpc) is 3.94. The molecule has 3 atom stereocenters. The topological polar surface area (TPSA) is 55.9 Å². The van der Waals surface area contributed by atoms with Crippen LogP contribution in [0.1, 0.15) is 37.2 Å². The van der Waals surface area contributed by atoms with Crippen LogP contribution in [0.2, 0.25) is 0 Å². The minimum absolute atomic E-state index is 0.634. The van der Waals surface area contributed by atoms with Crippen molar-refractivity contribution >= 4 is 5.69 Å². The van der Waals surface area contributed by atoms with Gasteiger partial charge in [-0.2, -0.15) is 0 Å². The summed E-state index contributed by atoms with van der Waals surface area (Å²) in [5.41, 5.74) is 13.8. The van der Waals surface area contributed by atoms with Crippen molar-refractivity contribution in [2.45, 2.75) is 31.6 Å². The Morgan fingerprint density at radius 3 is 1.19 bits per heavy atom. The highest BCUT2D eigenvalue weighted by Crippen LogP contribution is 2.53. The molecule has 10 rings (SSSR count). The summed E-state index contributed by atoms with van der Waals surface area (Å²) >= 11 is 0. The van der Waals surface area contributed by atoms with Gasteiger partial charge in [-0.1, -0.05) is 164 Å². The second-order valence-corrected chi connectivity index (χ2v) is 15.4. The zero-order chi connectivity index (χ0) is 38.1. The van der Waals surface area contributed by atoms with Crippen LogP contribution in [0, 0.1) is 18.4 Å². The van der Waals surface area contributed by atoms with Crippen LogP contribution in [0.25, 0.3) is 83.8 Å². The molecule has 6 aromatic carbocycles. The van der Waals surface area contributed by atoms with Gasteiger partial charge in [0.05, 0.1) is 29.3 Å². The fraction of sp³-hybridized carbons (Fsp3) is 0.135. The first-order valence-corrected chi connectivity index (χ1v) is 19.8. The van der Waals surface area contributed by atoms with Gasteiger partial charge in [-0.3, -0.25) is 0 Å². The second kappa shape index (κ2) is 14.9. The molecule has 0 aliphatic heterocycles. The minimum atomic E-state index is 0.634. The largest absolute Gasteiger partial charge is 0.238 e. The van der Waals surface area contributed by atoms with Crippen molar-refractivity contribution in [2.75, 3.05) is 0 Å². The van der Waals surface area contributed by atoms with Gasteiger partial charge in [-0.15, -0.1) is 0 Å². The van der Waals surface area contributed by atoms with Crippen molar-refractivity contribution in [1.29, 1.82) is 0 Å². The molecule has 272 valence electrons. The normalized spacial score (nSPS) is 17.0. The highest BCUT2D eigenvalue weighted by atomic mass is 14.9. The molecule has 2 aromatic heterocycles. The highest BCUT2D eigenvalue weighted by Gasteiger charge is 2.40. The molecule has 0 spiro atoms. The van der Waals surface area contributed by atoms with Crippen molar-refractivity contribution < 1.29 is 0 Å². The van der Waals surface area contributed by atoms with E-state index >= 15 is 0 Å². The molecule has 2 heterocycles. The maximum atomic E-state index is 7.27. The van der Waals surface area contributed by atoms with E-state index in [1.54, 1.807) is 0 Å². The lowest BCUT2D eigenvalue weighted by molar-refractivity contribution is 0.420. The van der Waals surface area contributed by atoms with Crippen LogP contribution in [-0.2, 0) is 0 Å². The SMILES string of the molecule is [C-]#[N+]c1ccc(-c2ccc(-c3cc(-c4ccc(-c5cc(-c6ccc(C7CC8CCC7C8)cc6)nc(-c6ccccc6)n5)cc4)nc(-c4ccccc4)n3)cc2)cc1. The van der Waals surface area contributed by atoms with Crippen molar-refractivity contribution in [2.24, 2.45) is 11.8 Å². The summed E-state index contributed by atoms with van der Waals surface area (Å²) in [6, 6.07) is 58.4. The summed E-state index contributed by atoms with van der Waals surface area (Å²) < 4.78 is 0. The van der Waals surface area contributed by atoms with E-state index in [-0.39, 0.29) is 0 Å². The molecule has 2 bridgehead atoms. The Balaban J connectivity index is 0.988. The number of rotatable bonds is 8. The fourth-order valence-corrected chi connectivity index (χ4v) is 8.85. The second-order valence-electron chi connectivity index (χ2n) is 15.4. The van der Waals surface area contributed by atoms with Gasteiger partial charge in [0.2, 0.25) is 0 Å². The molecular formula is C52H39N5. The van der Waals surface area contributed by atoms with E-state index in [2.05, 4.69) is 102 Å². The molecule has 8 aromatic rings. The Morgan fingerprint density at radius 2 is 0.807 bits per heavy atom. The van der Waals surface area contributed by atoms with Crippen LogP contribution in [0.15, 0.2) is 170 Å². The van der Waals surface area contributed by atoms with E-state index in [1.807, 2.05) is 72.8 Å².